The molecule has 0 spiro atoms. The maximum absolute atomic E-state index is 12.4. The molecule has 1 unspecified atom stereocenters. The highest BCUT2D eigenvalue weighted by Crippen LogP contribution is 2.23. The topological polar surface area (TPSA) is 34.9 Å². The normalized spacial score (nSPS) is 12.8. The number of hydrogen-bond acceptors (Lipinski definition) is 3. The second-order valence-corrected chi connectivity index (χ2v) is 5.70. The van der Waals surface area contributed by atoms with Crippen molar-refractivity contribution in [2.75, 3.05) is 0 Å². The molecule has 18 heavy (non-hydrogen) atoms. The van der Waals surface area contributed by atoms with Crippen LogP contribution in [0.15, 0.2) is 34.2 Å². The second kappa shape index (κ2) is 5.57. The molecular weight excluding hydrogens is 244 g/mol. The third-order valence-corrected chi connectivity index (χ3v) is 4.28. The minimum absolute atomic E-state index is 0.0638. The summed E-state index contributed by atoms with van der Waals surface area (Å²) in [6.07, 6.45) is 1.07. The number of para-hydroxylation sites is 1. The van der Waals surface area contributed by atoms with Gasteiger partial charge in [0, 0.05) is 11.8 Å². The van der Waals surface area contributed by atoms with E-state index >= 15 is 0 Å². The number of fused-ring (bicyclic) bond motifs is 1. The van der Waals surface area contributed by atoms with Crippen LogP contribution in [0.3, 0.4) is 0 Å². The minimum atomic E-state index is 0.0638. The highest BCUT2D eigenvalue weighted by atomic mass is 32.2. The second-order valence-electron chi connectivity index (χ2n) is 4.30. The van der Waals surface area contributed by atoms with Crippen LogP contribution in [0, 0.1) is 0 Å². The van der Waals surface area contributed by atoms with E-state index in [0.29, 0.717) is 17.2 Å². The third-order valence-electron chi connectivity index (χ3n) is 3.02. The smallest absolute Gasteiger partial charge is 0.262 e. The van der Waals surface area contributed by atoms with Crippen molar-refractivity contribution in [3.05, 3.63) is 34.6 Å². The summed E-state index contributed by atoms with van der Waals surface area (Å²) in [6, 6.07) is 7.54. The van der Waals surface area contributed by atoms with Gasteiger partial charge in [-0.1, -0.05) is 37.7 Å². The van der Waals surface area contributed by atoms with E-state index in [2.05, 4.69) is 18.8 Å². The molecule has 2 aromatic rings. The molecule has 0 bridgehead atoms. The van der Waals surface area contributed by atoms with E-state index in [4.69, 9.17) is 0 Å². The lowest BCUT2D eigenvalue weighted by atomic mass is 10.2. The summed E-state index contributed by atoms with van der Waals surface area (Å²) >= 11 is 1.68. The van der Waals surface area contributed by atoms with Gasteiger partial charge in [-0.2, -0.15) is 0 Å². The van der Waals surface area contributed by atoms with E-state index in [1.165, 1.54) is 0 Å². The first-order chi connectivity index (χ1) is 8.67. The van der Waals surface area contributed by atoms with Gasteiger partial charge in [-0.3, -0.25) is 9.36 Å². The van der Waals surface area contributed by atoms with Crippen molar-refractivity contribution < 1.29 is 0 Å². The van der Waals surface area contributed by atoms with Crippen molar-refractivity contribution in [2.24, 2.45) is 0 Å². The standard InChI is InChI=1S/C14H18N2OS/c1-4-10(3)18-14-15-12-9-7-6-8-11(12)13(17)16(14)5-2/h6-10H,4-5H2,1-3H3. The van der Waals surface area contributed by atoms with Gasteiger partial charge in [0.15, 0.2) is 5.16 Å². The molecule has 1 aromatic heterocycles. The maximum atomic E-state index is 12.4. The van der Waals surface area contributed by atoms with Gasteiger partial charge in [0.1, 0.15) is 0 Å². The minimum Gasteiger partial charge on any atom is -0.287 e. The highest BCUT2D eigenvalue weighted by Gasteiger charge is 2.12. The molecule has 0 aliphatic heterocycles. The maximum Gasteiger partial charge on any atom is 0.262 e. The van der Waals surface area contributed by atoms with Gasteiger partial charge >= 0.3 is 0 Å². The van der Waals surface area contributed by atoms with Crippen LogP contribution >= 0.6 is 11.8 Å². The molecule has 0 saturated carbocycles. The number of benzene rings is 1. The molecule has 2 rings (SSSR count). The molecule has 3 nitrogen and oxygen atoms in total. The van der Waals surface area contributed by atoms with Crippen molar-refractivity contribution in [2.45, 2.75) is 44.1 Å². The lowest BCUT2D eigenvalue weighted by molar-refractivity contribution is 0.632. The van der Waals surface area contributed by atoms with Crippen molar-refractivity contribution in [1.82, 2.24) is 9.55 Å². The van der Waals surface area contributed by atoms with Gasteiger partial charge in [-0.05, 0) is 25.5 Å². The summed E-state index contributed by atoms with van der Waals surface area (Å²) in [7, 11) is 0. The summed E-state index contributed by atoms with van der Waals surface area (Å²) in [5, 5.41) is 2.00. The molecule has 96 valence electrons. The molecule has 4 heteroatoms. The van der Waals surface area contributed by atoms with Crippen LogP contribution in [0.4, 0.5) is 0 Å². The molecule has 1 atom stereocenters. The number of hydrogen-bond donors (Lipinski definition) is 0. The molecule has 0 fully saturated rings. The van der Waals surface area contributed by atoms with Crippen molar-refractivity contribution >= 4 is 22.7 Å². The van der Waals surface area contributed by atoms with Crippen molar-refractivity contribution in [3.8, 4) is 0 Å². The lowest BCUT2D eigenvalue weighted by Gasteiger charge is -2.13. The average molecular weight is 262 g/mol. The van der Waals surface area contributed by atoms with Crippen LogP contribution in [0.25, 0.3) is 10.9 Å². The van der Waals surface area contributed by atoms with E-state index in [-0.39, 0.29) is 5.56 Å². The number of aromatic nitrogens is 2. The van der Waals surface area contributed by atoms with Gasteiger partial charge in [0.05, 0.1) is 10.9 Å². The summed E-state index contributed by atoms with van der Waals surface area (Å²) in [5.74, 6) is 0. The molecule has 0 saturated heterocycles. The number of rotatable bonds is 4. The summed E-state index contributed by atoms with van der Waals surface area (Å²) in [4.78, 5) is 17.0. The van der Waals surface area contributed by atoms with Crippen LogP contribution in [-0.2, 0) is 6.54 Å². The van der Waals surface area contributed by atoms with E-state index < -0.39 is 0 Å². The molecule has 0 aliphatic carbocycles. The Labute approximate surface area is 111 Å². The highest BCUT2D eigenvalue weighted by molar-refractivity contribution is 7.99. The van der Waals surface area contributed by atoms with Crippen molar-refractivity contribution in [1.29, 1.82) is 0 Å². The number of thioether (sulfide) groups is 1. The quantitative estimate of drug-likeness (QED) is 0.626. The zero-order valence-electron chi connectivity index (χ0n) is 11.0. The van der Waals surface area contributed by atoms with E-state index in [0.717, 1.165) is 17.1 Å². The Morgan fingerprint density at radius 3 is 2.72 bits per heavy atom. The van der Waals surface area contributed by atoms with Gasteiger partial charge in [0.25, 0.3) is 5.56 Å². The molecule has 1 heterocycles. The van der Waals surface area contributed by atoms with E-state index in [1.54, 1.807) is 16.3 Å². The summed E-state index contributed by atoms with van der Waals surface area (Å²) in [6.45, 7) is 6.95. The predicted molar refractivity (Wildman–Crippen MR) is 77.3 cm³/mol. The van der Waals surface area contributed by atoms with Gasteiger partial charge in [-0.15, -0.1) is 0 Å². The first-order valence-corrected chi connectivity index (χ1v) is 7.21. The Kier molecular flexibility index (Phi) is 4.07. The van der Waals surface area contributed by atoms with Crippen LogP contribution in [0.5, 0.6) is 0 Å². The fourth-order valence-electron chi connectivity index (χ4n) is 1.78. The molecule has 0 aliphatic rings. The van der Waals surface area contributed by atoms with E-state index in [9.17, 15) is 4.79 Å². The van der Waals surface area contributed by atoms with Crippen LogP contribution in [0.1, 0.15) is 27.2 Å². The first-order valence-electron chi connectivity index (χ1n) is 6.33. The van der Waals surface area contributed by atoms with E-state index in [1.807, 2.05) is 31.2 Å². The molecular formula is C14H18N2OS. The monoisotopic (exact) mass is 262 g/mol. The third kappa shape index (κ3) is 2.43. The molecule has 0 radical (unpaired) electrons. The largest absolute Gasteiger partial charge is 0.287 e. The van der Waals surface area contributed by atoms with Crippen LogP contribution in [0.2, 0.25) is 0 Å². The van der Waals surface area contributed by atoms with Crippen molar-refractivity contribution in [3.63, 3.8) is 0 Å². The van der Waals surface area contributed by atoms with Gasteiger partial charge in [-0.25, -0.2) is 4.98 Å². The Morgan fingerprint density at radius 2 is 2.06 bits per heavy atom. The Bertz CT molecular complexity index is 606. The van der Waals surface area contributed by atoms with Gasteiger partial charge in [0.2, 0.25) is 0 Å². The zero-order chi connectivity index (χ0) is 13.1. The fourth-order valence-corrected chi connectivity index (χ4v) is 2.80. The Hall–Kier alpha value is -1.29. The summed E-state index contributed by atoms with van der Waals surface area (Å²) in [5.41, 5.74) is 0.854. The molecule has 0 N–H and O–H groups in total. The van der Waals surface area contributed by atoms with Gasteiger partial charge < -0.3 is 0 Å². The number of nitrogens with zero attached hydrogens (tertiary/aromatic N) is 2. The first kappa shape index (κ1) is 13.1. The summed E-state index contributed by atoms with van der Waals surface area (Å²) < 4.78 is 1.76. The van der Waals surface area contributed by atoms with Crippen LogP contribution in [-0.4, -0.2) is 14.8 Å². The predicted octanol–water partition coefficient (Wildman–Crippen LogP) is 3.31. The average Bonchev–Trinajstić information content (AvgIpc) is 2.39. The SMILES string of the molecule is CCC(C)Sc1nc2ccccc2c(=O)n1CC. The molecule has 1 aromatic carbocycles. The zero-order valence-corrected chi connectivity index (χ0v) is 11.8. The fraction of sp³-hybridized carbons (Fsp3) is 0.429. The molecule has 0 amide bonds. The lowest BCUT2D eigenvalue weighted by Crippen LogP contribution is -2.23. The Balaban J connectivity index is 2.61. The van der Waals surface area contributed by atoms with Crippen LogP contribution < -0.4 is 5.56 Å². The Morgan fingerprint density at radius 1 is 1.33 bits per heavy atom.